The van der Waals surface area contributed by atoms with Crippen molar-refractivity contribution in [3.05, 3.63) is 23.2 Å². The summed E-state index contributed by atoms with van der Waals surface area (Å²) in [7, 11) is 0. The Balaban J connectivity index is 2.00. The largest absolute Gasteiger partial charge is 0.399 e. The van der Waals surface area contributed by atoms with Gasteiger partial charge in [-0.2, -0.15) is 0 Å². The summed E-state index contributed by atoms with van der Waals surface area (Å²) in [6.45, 7) is 4.51. The van der Waals surface area contributed by atoms with E-state index >= 15 is 0 Å². The van der Waals surface area contributed by atoms with Crippen molar-refractivity contribution in [2.24, 2.45) is 5.92 Å². The fraction of sp³-hybridized carbons (Fsp3) is 0.571. The second-order valence-corrected chi connectivity index (χ2v) is 5.34. The minimum absolute atomic E-state index is 0.736. The molecule has 1 aliphatic rings. The van der Waals surface area contributed by atoms with Crippen LogP contribution in [0.2, 0.25) is 5.02 Å². The summed E-state index contributed by atoms with van der Waals surface area (Å²) < 4.78 is 0. The molecule has 0 saturated carbocycles. The fourth-order valence-electron chi connectivity index (χ4n) is 2.65. The maximum atomic E-state index is 6.24. The number of nitrogens with two attached hydrogens (primary N) is 1. The summed E-state index contributed by atoms with van der Waals surface area (Å²) in [6.07, 6.45) is 5.24. The van der Waals surface area contributed by atoms with Gasteiger partial charge in [0.1, 0.15) is 0 Å². The maximum Gasteiger partial charge on any atom is 0.0660 e. The van der Waals surface area contributed by atoms with Crippen molar-refractivity contribution in [3.8, 4) is 0 Å². The van der Waals surface area contributed by atoms with E-state index in [1.807, 2.05) is 18.2 Å². The predicted molar refractivity (Wildman–Crippen MR) is 75.7 cm³/mol. The second-order valence-electron chi connectivity index (χ2n) is 4.93. The Kier molecular flexibility index (Phi) is 4.16. The van der Waals surface area contributed by atoms with Gasteiger partial charge in [-0.25, -0.2) is 0 Å². The van der Waals surface area contributed by atoms with Crippen LogP contribution >= 0.6 is 11.6 Å². The van der Waals surface area contributed by atoms with Crippen molar-refractivity contribution in [2.75, 3.05) is 23.7 Å². The molecule has 0 atom stereocenters. The third kappa shape index (κ3) is 3.06. The van der Waals surface area contributed by atoms with Crippen LogP contribution in [0.3, 0.4) is 0 Å². The zero-order chi connectivity index (χ0) is 12.3. The average molecular weight is 253 g/mol. The van der Waals surface area contributed by atoms with Gasteiger partial charge in [0, 0.05) is 18.8 Å². The Morgan fingerprint density at radius 3 is 2.65 bits per heavy atom. The number of benzene rings is 1. The maximum absolute atomic E-state index is 6.24. The van der Waals surface area contributed by atoms with Gasteiger partial charge in [-0.1, -0.05) is 31.4 Å². The van der Waals surface area contributed by atoms with Crippen molar-refractivity contribution >= 4 is 23.0 Å². The highest BCUT2D eigenvalue weighted by atomic mass is 35.5. The Morgan fingerprint density at radius 1 is 1.35 bits per heavy atom. The minimum Gasteiger partial charge on any atom is -0.399 e. The number of anilines is 2. The van der Waals surface area contributed by atoms with Crippen molar-refractivity contribution in [1.82, 2.24) is 0 Å². The van der Waals surface area contributed by atoms with E-state index in [4.69, 9.17) is 17.3 Å². The van der Waals surface area contributed by atoms with Gasteiger partial charge < -0.3 is 10.6 Å². The SMILES string of the molecule is CCCC1CCN(c2ccc(N)cc2Cl)CC1. The number of hydrogen-bond donors (Lipinski definition) is 1. The third-order valence-electron chi connectivity index (χ3n) is 3.62. The second kappa shape index (κ2) is 5.63. The lowest BCUT2D eigenvalue weighted by Gasteiger charge is -2.34. The zero-order valence-corrected chi connectivity index (χ0v) is 11.2. The molecular formula is C14H21ClN2. The molecule has 0 aromatic heterocycles. The van der Waals surface area contributed by atoms with E-state index in [-0.39, 0.29) is 0 Å². The molecule has 94 valence electrons. The van der Waals surface area contributed by atoms with Gasteiger partial charge in [-0.3, -0.25) is 0 Å². The Hall–Kier alpha value is -0.890. The van der Waals surface area contributed by atoms with E-state index in [2.05, 4.69) is 11.8 Å². The number of rotatable bonds is 3. The van der Waals surface area contributed by atoms with Crippen LogP contribution in [0.25, 0.3) is 0 Å². The Bertz CT molecular complexity index is 370. The van der Waals surface area contributed by atoms with Crippen LogP contribution in [0.1, 0.15) is 32.6 Å². The van der Waals surface area contributed by atoms with Gasteiger partial charge in [0.05, 0.1) is 10.7 Å². The first-order valence-electron chi connectivity index (χ1n) is 6.50. The molecule has 2 rings (SSSR count). The molecule has 3 heteroatoms. The summed E-state index contributed by atoms with van der Waals surface area (Å²) >= 11 is 6.24. The van der Waals surface area contributed by atoms with Gasteiger partial charge in [0.2, 0.25) is 0 Å². The Labute approximate surface area is 109 Å². The average Bonchev–Trinajstić information content (AvgIpc) is 2.31. The molecule has 1 aliphatic heterocycles. The zero-order valence-electron chi connectivity index (χ0n) is 10.5. The van der Waals surface area contributed by atoms with Crippen LogP contribution in [0.5, 0.6) is 0 Å². The fourth-order valence-corrected chi connectivity index (χ4v) is 2.96. The molecule has 2 nitrogen and oxygen atoms in total. The van der Waals surface area contributed by atoms with E-state index in [0.717, 1.165) is 35.4 Å². The third-order valence-corrected chi connectivity index (χ3v) is 3.93. The number of piperidine rings is 1. The summed E-state index contributed by atoms with van der Waals surface area (Å²) in [5.74, 6) is 0.906. The van der Waals surface area contributed by atoms with Crippen molar-refractivity contribution in [2.45, 2.75) is 32.6 Å². The summed E-state index contributed by atoms with van der Waals surface area (Å²) in [5, 5.41) is 0.777. The van der Waals surface area contributed by atoms with Gasteiger partial charge in [0.15, 0.2) is 0 Å². The Morgan fingerprint density at radius 2 is 2.06 bits per heavy atom. The van der Waals surface area contributed by atoms with Crippen LogP contribution in [-0.2, 0) is 0 Å². The minimum atomic E-state index is 0.736. The molecule has 17 heavy (non-hydrogen) atoms. The molecule has 0 bridgehead atoms. The summed E-state index contributed by atoms with van der Waals surface area (Å²) in [6, 6.07) is 5.81. The predicted octanol–water partition coefficient (Wildman–Crippen LogP) is 3.94. The van der Waals surface area contributed by atoms with Crippen LogP contribution < -0.4 is 10.6 Å². The highest BCUT2D eigenvalue weighted by Gasteiger charge is 2.20. The quantitative estimate of drug-likeness (QED) is 0.826. The normalized spacial score (nSPS) is 17.4. The lowest BCUT2D eigenvalue weighted by molar-refractivity contribution is 0.378. The topological polar surface area (TPSA) is 29.3 Å². The van der Waals surface area contributed by atoms with Gasteiger partial charge in [0.25, 0.3) is 0 Å². The van der Waals surface area contributed by atoms with E-state index in [0.29, 0.717) is 0 Å². The monoisotopic (exact) mass is 252 g/mol. The molecule has 0 spiro atoms. The van der Waals surface area contributed by atoms with Gasteiger partial charge in [-0.05, 0) is 37.0 Å². The molecule has 1 heterocycles. The lowest BCUT2D eigenvalue weighted by atomic mass is 9.92. The van der Waals surface area contributed by atoms with Crippen LogP contribution in [0, 0.1) is 5.92 Å². The number of nitrogen functional groups attached to an aromatic ring is 1. The van der Waals surface area contributed by atoms with E-state index in [1.165, 1.54) is 25.7 Å². The van der Waals surface area contributed by atoms with Crippen molar-refractivity contribution in [1.29, 1.82) is 0 Å². The number of halogens is 1. The summed E-state index contributed by atoms with van der Waals surface area (Å²) in [4.78, 5) is 2.38. The van der Waals surface area contributed by atoms with Gasteiger partial charge in [-0.15, -0.1) is 0 Å². The van der Waals surface area contributed by atoms with Gasteiger partial charge >= 0.3 is 0 Å². The smallest absolute Gasteiger partial charge is 0.0660 e. The lowest BCUT2D eigenvalue weighted by Crippen LogP contribution is -2.33. The molecule has 0 aliphatic carbocycles. The molecule has 1 aromatic carbocycles. The highest BCUT2D eigenvalue weighted by Crippen LogP contribution is 2.32. The van der Waals surface area contributed by atoms with Crippen LogP contribution in [-0.4, -0.2) is 13.1 Å². The number of hydrogen-bond acceptors (Lipinski definition) is 2. The first-order valence-corrected chi connectivity index (χ1v) is 6.88. The van der Waals surface area contributed by atoms with Crippen molar-refractivity contribution < 1.29 is 0 Å². The standard InChI is InChI=1S/C14H21ClN2/c1-2-3-11-6-8-17(9-7-11)14-5-4-12(16)10-13(14)15/h4-5,10-11H,2-3,6-9,16H2,1H3. The molecule has 2 N–H and O–H groups in total. The molecule has 1 saturated heterocycles. The first kappa shape index (κ1) is 12.6. The van der Waals surface area contributed by atoms with E-state index in [9.17, 15) is 0 Å². The van der Waals surface area contributed by atoms with Crippen molar-refractivity contribution in [3.63, 3.8) is 0 Å². The molecule has 0 radical (unpaired) electrons. The molecule has 0 unspecified atom stereocenters. The van der Waals surface area contributed by atoms with Crippen LogP contribution in [0.4, 0.5) is 11.4 Å². The van der Waals surface area contributed by atoms with E-state index < -0.39 is 0 Å². The molecule has 1 fully saturated rings. The number of nitrogens with zero attached hydrogens (tertiary/aromatic N) is 1. The summed E-state index contributed by atoms with van der Waals surface area (Å²) in [5.41, 5.74) is 7.59. The highest BCUT2D eigenvalue weighted by molar-refractivity contribution is 6.33. The van der Waals surface area contributed by atoms with E-state index in [1.54, 1.807) is 0 Å². The molecular weight excluding hydrogens is 232 g/mol. The van der Waals surface area contributed by atoms with Crippen LogP contribution in [0.15, 0.2) is 18.2 Å². The molecule has 0 amide bonds. The first-order chi connectivity index (χ1) is 8.20. The molecule has 1 aromatic rings.